The number of anilines is 2. The topological polar surface area (TPSA) is 70.4 Å². The minimum atomic E-state index is 0.458. The van der Waals surface area contributed by atoms with Crippen molar-refractivity contribution in [2.24, 2.45) is 0 Å². The van der Waals surface area contributed by atoms with E-state index in [1.165, 1.54) is 9.75 Å². The summed E-state index contributed by atoms with van der Waals surface area (Å²) in [5, 5.41) is 14.5. The largest absolute Gasteiger partial charge is 0.456 e. The minimum absolute atomic E-state index is 0.458. The van der Waals surface area contributed by atoms with Crippen molar-refractivity contribution in [2.75, 3.05) is 31.6 Å². The van der Waals surface area contributed by atoms with Crippen LogP contribution < -0.4 is 10.1 Å². The van der Waals surface area contributed by atoms with E-state index in [0.717, 1.165) is 55.0 Å². The molecule has 5 aromatic rings. The molecular formula is C31H25ClN4O2S. The molecule has 2 aromatic heterocycles. The molecule has 0 radical (unpaired) electrons. The molecule has 6 nitrogen and oxygen atoms in total. The normalized spacial score (nSPS) is 13.7. The van der Waals surface area contributed by atoms with Gasteiger partial charge in [0, 0.05) is 46.7 Å². The van der Waals surface area contributed by atoms with E-state index in [9.17, 15) is 5.26 Å². The number of morpholine rings is 1. The third-order valence-electron chi connectivity index (χ3n) is 6.59. The van der Waals surface area contributed by atoms with Crippen LogP contribution in [0.15, 0.2) is 85.1 Å². The molecule has 0 spiro atoms. The SMILES string of the molecule is N#Cc1cnc2cc(-c3ccc(CN4CCOCC4)s3)ccc2c1Nc1ccc(Oc2ccccc2)c(Cl)c1. The highest BCUT2D eigenvalue weighted by molar-refractivity contribution is 7.15. The number of aromatic nitrogens is 1. The summed E-state index contributed by atoms with van der Waals surface area (Å²) in [6.45, 7) is 4.48. The fourth-order valence-corrected chi connectivity index (χ4v) is 5.85. The van der Waals surface area contributed by atoms with Crippen LogP contribution in [0.25, 0.3) is 21.3 Å². The third-order valence-corrected chi connectivity index (χ3v) is 8.01. The Hall–Kier alpha value is -3.93. The van der Waals surface area contributed by atoms with Crippen LogP contribution in [0, 0.1) is 11.3 Å². The van der Waals surface area contributed by atoms with Crippen molar-refractivity contribution in [3.8, 4) is 28.0 Å². The average molecular weight is 553 g/mol. The van der Waals surface area contributed by atoms with E-state index in [1.807, 2.05) is 48.5 Å². The number of fused-ring (bicyclic) bond motifs is 1. The first-order valence-electron chi connectivity index (χ1n) is 12.7. The monoisotopic (exact) mass is 552 g/mol. The summed E-state index contributed by atoms with van der Waals surface area (Å²) >= 11 is 8.34. The van der Waals surface area contributed by atoms with Gasteiger partial charge in [-0.2, -0.15) is 5.26 Å². The van der Waals surface area contributed by atoms with Crippen molar-refractivity contribution in [3.05, 3.63) is 101 Å². The fourth-order valence-electron chi connectivity index (χ4n) is 4.59. The lowest BCUT2D eigenvalue weighted by molar-refractivity contribution is 0.0346. The number of pyridine rings is 1. The van der Waals surface area contributed by atoms with Crippen molar-refractivity contribution in [1.29, 1.82) is 5.26 Å². The summed E-state index contributed by atoms with van der Waals surface area (Å²) in [6, 6.07) is 27.8. The molecular weight excluding hydrogens is 528 g/mol. The average Bonchev–Trinajstić information content (AvgIpc) is 3.44. The van der Waals surface area contributed by atoms with Gasteiger partial charge in [0.2, 0.25) is 0 Å². The summed E-state index contributed by atoms with van der Waals surface area (Å²) in [4.78, 5) is 9.55. The first kappa shape index (κ1) is 25.4. The van der Waals surface area contributed by atoms with Gasteiger partial charge in [0.05, 0.1) is 35.0 Å². The highest BCUT2D eigenvalue weighted by atomic mass is 35.5. The maximum Gasteiger partial charge on any atom is 0.146 e. The Morgan fingerprint density at radius 1 is 1.03 bits per heavy atom. The van der Waals surface area contributed by atoms with E-state index in [-0.39, 0.29) is 0 Å². The standard InChI is InChI=1S/C31H25ClN4O2S/c32-27-17-23(7-10-29(27)38-24-4-2-1-3-5-24)35-31-22(18-33)19-34-28-16-21(6-9-26(28)31)30-11-8-25(39-30)20-36-12-14-37-15-13-36/h1-11,16-17,19H,12-15,20H2,(H,34,35). The highest BCUT2D eigenvalue weighted by Crippen LogP contribution is 2.37. The molecule has 0 bridgehead atoms. The number of nitrogens with one attached hydrogen (secondary N) is 1. The molecule has 1 saturated heterocycles. The first-order chi connectivity index (χ1) is 19.2. The van der Waals surface area contributed by atoms with Crippen molar-refractivity contribution in [3.63, 3.8) is 0 Å². The van der Waals surface area contributed by atoms with Crippen LogP contribution in [0.1, 0.15) is 10.4 Å². The number of nitrogens with zero attached hydrogens (tertiary/aromatic N) is 3. The third kappa shape index (κ3) is 5.75. The van der Waals surface area contributed by atoms with Crippen molar-refractivity contribution < 1.29 is 9.47 Å². The zero-order chi connectivity index (χ0) is 26.6. The Kier molecular flexibility index (Phi) is 7.44. The first-order valence-corrected chi connectivity index (χ1v) is 13.9. The lowest BCUT2D eigenvalue weighted by Gasteiger charge is -2.25. The van der Waals surface area contributed by atoms with Gasteiger partial charge in [0.15, 0.2) is 0 Å². The Morgan fingerprint density at radius 2 is 1.87 bits per heavy atom. The van der Waals surface area contributed by atoms with Gasteiger partial charge in [-0.1, -0.05) is 41.9 Å². The van der Waals surface area contributed by atoms with Gasteiger partial charge in [-0.15, -0.1) is 11.3 Å². The summed E-state index contributed by atoms with van der Waals surface area (Å²) in [5.41, 5.74) is 3.82. The Morgan fingerprint density at radius 3 is 2.67 bits per heavy atom. The van der Waals surface area contributed by atoms with E-state index in [2.05, 4.69) is 45.5 Å². The molecule has 0 aliphatic carbocycles. The van der Waals surface area contributed by atoms with Gasteiger partial charge in [0.1, 0.15) is 17.6 Å². The van der Waals surface area contributed by atoms with E-state index >= 15 is 0 Å². The van der Waals surface area contributed by atoms with E-state index < -0.39 is 0 Å². The van der Waals surface area contributed by atoms with Crippen LogP contribution in [0.5, 0.6) is 11.5 Å². The van der Waals surface area contributed by atoms with Crippen molar-refractivity contribution >= 4 is 45.2 Å². The number of hydrogen-bond donors (Lipinski definition) is 1. The van der Waals surface area contributed by atoms with Gasteiger partial charge in [-0.25, -0.2) is 0 Å². The van der Waals surface area contributed by atoms with Gasteiger partial charge in [-0.3, -0.25) is 9.88 Å². The molecule has 0 unspecified atom stereocenters. The predicted molar refractivity (Wildman–Crippen MR) is 157 cm³/mol. The number of para-hydroxylation sites is 1. The van der Waals surface area contributed by atoms with Crippen LogP contribution in [-0.2, 0) is 11.3 Å². The Labute approximate surface area is 236 Å². The van der Waals surface area contributed by atoms with Crippen molar-refractivity contribution in [2.45, 2.75) is 6.54 Å². The molecule has 6 rings (SSSR count). The number of ether oxygens (including phenoxy) is 2. The summed E-state index contributed by atoms with van der Waals surface area (Å²) in [5.74, 6) is 1.27. The van der Waals surface area contributed by atoms with Gasteiger partial charge < -0.3 is 14.8 Å². The zero-order valence-electron chi connectivity index (χ0n) is 21.1. The van der Waals surface area contributed by atoms with Gasteiger partial charge in [-0.05, 0) is 54.1 Å². The quantitative estimate of drug-likeness (QED) is 0.222. The molecule has 8 heteroatoms. The maximum absolute atomic E-state index is 9.80. The second-order valence-corrected chi connectivity index (χ2v) is 10.8. The molecule has 1 aliphatic rings. The second-order valence-electron chi connectivity index (χ2n) is 9.23. The lowest BCUT2D eigenvalue weighted by atomic mass is 10.1. The highest BCUT2D eigenvalue weighted by Gasteiger charge is 2.15. The molecule has 39 heavy (non-hydrogen) atoms. The summed E-state index contributed by atoms with van der Waals surface area (Å²) in [7, 11) is 0. The number of rotatable bonds is 7. The van der Waals surface area contributed by atoms with Gasteiger partial charge in [0.25, 0.3) is 0 Å². The molecule has 0 saturated carbocycles. The van der Waals surface area contributed by atoms with Crippen LogP contribution in [0.4, 0.5) is 11.4 Å². The summed E-state index contributed by atoms with van der Waals surface area (Å²) < 4.78 is 11.4. The second kappa shape index (κ2) is 11.4. The minimum Gasteiger partial charge on any atom is -0.456 e. The van der Waals surface area contributed by atoms with E-state index in [0.29, 0.717) is 27.8 Å². The number of benzene rings is 3. The van der Waals surface area contributed by atoms with Crippen LogP contribution in [0.3, 0.4) is 0 Å². The van der Waals surface area contributed by atoms with Crippen LogP contribution in [0.2, 0.25) is 5.02 Å². The smallest absolute Gasteiger partial charge is 0.146 e. The zero-order valence-corrected chi connectivity index (χ0v) is 22.6. The molecule has 1 N–H and O–H groups in total. The number of nitriles is 1. The number of thiophene rings is 1. The van der Waals surface area contributed by atoms with Crippen LogP contribution >= 0.6 is 22.9 Å². The number of hydrogen-bond acceptors (Lipinski definition) is 7. The van der Waals surface area contributed by atoms with Gasteiger partial charge >= 0.3 is 0 Å². The molecule has 194 valence electrons. The molecule has 0 amide bonds. The fraction of sp³-hybridized carbons (Fsp3) is 0.161. The van der Waals surface area contributed by atoms with Crippen LogP contribution in [-0.4, -0.2) is 36.2 Å². The molecule has 3 heterocycles. The van der Waals surface area contributed by atoms with E-state index in [4.69, 9.17) is 21.1 Å². The lowest BCUT2D eigenvalue weighted by Crippen LogP contribution is -2.35. The number of halogens is 1. The molecule has 0 atom stereocenters. The van der Waals surface area contributed by atoms with E-state index in [1.54, 1.807) is 23.6 Å². The maximum atomic E-state index is 9.80. The molecule has 1 fully saturated rings. The molecule has 1 aliphatic heterocycles. The molecule has 3 aromatic carbocycles. The predicted octanol–water partition coefficient (Wildman–Crippen LogP) is 7.86. The van der Waals surface area contributed by atoms with Crippen molar-refractivity contribution in [1.82, 2.24) is 9.88 Å². The summed E-state index contributed by atoms with van der Waals surface area (Å²) in [6.07, 6.45) is 1.61. The Bertz CT molecular complexity index is 1660. The Balaban J connectivity index is 1.25.